The molecule has 18 heavy (non-hydrogen) atoms. The third-order valence-electron chi connectivity index (χ3n) is 3.56. The molecule has 3 rings (SSSR count). The Kier molecular flexibility index (Phi) is 3.43. The molecule has 1 aliphatic carbocycles. The molecule has 3 heteroatoms. The first kappa shape index (κ1) is 11.9. The molecule has 0 fully saturated rings. The first-order valence-corrected chi connectivity index (χ1v) is 7.35. The molecule has 94 valence electrons. The fraction of sp³-hybridized carbons (Fsp3) is 0.400. The van der Waals surface area contributed by atoms with Gasteiger partial charge < -0.3 is 5.32 Å². The monoisotopic (exact) mass is 258 g/mol. The van der Waals surface area contributed by atoms with Crippen molar-refractivity contribution in [3.8, 4) is 0 Å². The fourth-order valence-electron chi connectivity index (χ4n) is 2.48. The summed E-state index contributed by atoms with van der Waals surface area (Å²) < 4.78 is 0. The smallest absolute Gasteiger partial charge is 0.0315 e. The molecule has 1 aliphatic rings. The van der Waals surface area contributed by atoms with Crippen molar-refractivity contribution in [3.63, 3.8) is 0 Å². The molecule has 0 saturated carbocycles. The first-order chi connectivity index (χ1) is 8.83. The highest BCUT2D eigenvalue weighted by Gasteiger charge is 2.14. The number of hydrogen-bond acceptors (Lipinski definition) is 3. The molecule has 0 atom stereocenters. The van der Waals surface area contributed by atoms with Gasteiger partial charge in [-0.3, -0.25) is 4.98 Å². The van der Waals surface area contributed by atoms with Crippen molar-refractivity contribution in [2.45, 2.75) is 39.3 Å². The van der Waals surface area contributed by atoms with Crippen LogP contribution in [0.15, 0.2) is 24.5 Å². The van der Waals surface area contributed by atoms with E-state index in [1.165, 1.54) is 35.3 Å². The van der Waals surface area contributed by atoms with Gasteiger partial charge >= 0.3 is 0 Å². The molecule has 0 unspecified atom stereocenters. The quantitative estimate of drug-likeness (QED) is 0.910. The lowest BCUT2D eigenvalue weighted by Gasteiger charge is -2.05. The largest absolute Gasteiger partial charge is 0.308 e. The average Bonchev–Trinajstić information content (AvgIpc) is 2.92. The fourth-order valence-corrected chi connectivity index (χ4v) is 3.71. The summed E-state index contributed by atoms with van der Waals surface area (Å²) in [6.45, 7) is 4.02. The predicted octanol–water partition coefficient (Wildman–Crippen LogP) is 3.23. The molecule has 2 aromatic rings. The minimum atomic E-state index is 0.905. The van der Waals surface area contributed by atoms with Crippen LogP contribution in [0, 0.1) is 6.92 Å². The van der Waals surface area contributed by atoms with Crippen LogP contribution in [-0.4, -0.2) is 4.98 Å². The van der Waals surface area contributed by atoms with Crippen LogP contribution in [0.2, 0.25) is 0 Å². The summed E-state index contributed by atoms with van der Waals surface area (Å²) >= 11 is 1.98. The Hall–Kier alpha value is -1.19. The Morgan fingerprint density at radius 2 is 2.28 bits per heavy atom. The molecule has 1 N–H and O–H groups in total. The van der Waals surface area contributed by atoms with Crippen molar-refractivity contribution in [1.29, 1.82) is 0 Å². The lowest BCUT2D eigenvalue weighted by atomic mass is 10.1. The topological polar surface area (TPSA) is 24.9 Å². The van der Waals surface area contributed by atoms with Crippen LogP contribution < -0.4 is 5.32 Å². The Balaban J connectivity index is 1.57. The van der Waals surface area contributed by atoms with E-state index in [0.29, 0.717) is 0 Å². The summed E-state index contributed by atoms with van der Waals surface area (Å²) in [6.07, 6.45) is 7.73. The van der Waals surface area contributed by atoms with Crippen LogP contribution in [0.25, 0.3) is 0 Å². The van der Waals surface area contributed by atoms with Gasteiger partial charge in [0.05, 0.1) is 0 Å². The number of nitrogens with zero attached hydrogens (tertiary/aromatic N) is 1. The molecule has 0 aromatic carbocycles. The molecular formula is C15H18N2S. The van der Waals surface area contributed by atoms with Crippen molar-refractivity contribution < 1.29 is 0 Å². The molecule has 0 saturated heterocycles. The van der Waals surface area contributed by atoms with E-state index >= 15 is 0 Å². The number of fused-ring (bicyclic) bond motifs is 1. The zero-order chi connectivity index (χ0) is 12.4. The lowest BCUT2D eigenvalue weighted by molar-refractivity contribution is 0.695. The maximum absolute atomic E-state index is 4.17. The predicted molar refractivity (Wildman–Crippen MR) is 75.9 cm³/mol. The van der Waals surface area contributed by atoms with Gasteiger partial charge in [-0.05, 0) is 55.0 Å². The van der Waals surface area contributed by atoms with Gasteiger partial charge in [-0.25, -0.2) is 0 Å². The maximum Gasteiger partial charge on any atom is 0.0315 e. The van der Waals surface area contributed by atoms with Gasteiger partial charge in [0, 0.05) is 35.2 Å². The number of rotatable bonds is 4. The third kappa shape index (κ3) is 2.47. The van der Waals surface area contributed by atoms with E-state index < -0.39 is 0 Å². The highest BCUT2D eigenvalue weighted by atomic mass is 32.1. The second kappa shape index (κ2) is 5.21. The molecular weight excluding hydrogens is 240 g/mol. The van der Waals surface area contributed by atoms with Gasteiger partial charge in [0.1, 0.15) is 0 Å². The molecule has 0 aliphatic heterocycles. The summed E-state index contributed by atoms with van der Waals surface area (Å²) in [5.74, 6) is 0. The highest BCUT2D eigenvalue weighted by molar-refractivity contribution is 7.12. The zero-order valence-corrected chi connectivity index (χ0v) is 11.5. The average molecular weight is 258 g/mol. The van der Waals surface area contributed by atoms with Crippen molar-refractivity contribution in [1.82, 2.24) is 10.3 Å². The van der Waals surface area contributed by atoms with E-state index in [1.807, 2.05) is 23.7 Å². The normalized spacial score (nSPS) is 13.8. The summed E-state index contributed by atoms with van der Waals surface area (Å²) in [6, 6.07) is 4.45. The molecule has 0 amide bonds. The van der Waals surface area contributed by atoms with E-state index in [0.717, 1.165) is 13.1 Å². The van der Waals surface area contributed by atoms with Crippen LogP contribution >= 0.6 is 11.3 Å². The van der Waals surface area contributed by atoms with E-state index in [-0.39, 0.29) is 0 Å². The SMILES string of the molecule is Cc1ccncc1CNCc1cc2c(s1)CCC2. The highest BCUT2D eigenvalue weighted by Crippen LogP contribution is 2.30. The van der Waals surface area contributed by atoms with Crippen molar-refractivity contribution in [2.75, 3.05) is 0 Å². The molecule has 0 bridgehead atoms. The summed E-state index contributed by atoms with van der Waals surface area (Å²) in [5, 5.41) is 3.52. The standard InChI is InChI=1S/C15H18N2S/c1-11-5-6-16-8-13(11)9-17-10-14-7-12-3-2-4-15(12)18-14/h5-8,17H,2-4,9-10H2,1H3. The summed E-state index contributed by atoms with van der Waals surface area (Å²) in [4.78, 5) is 7.26. The van der Waals surface area contributed by atoms with Gasteiger partial charge in [-0.15, -0.1) is 11.3 Å². The maximum atomic E-state index is 4.17. The minimum Gasteiger partial charge on any atom is -0.308 e. The minimum absolute atomic E-state index is 0.905. The van der Waals surface area contributed by atoms with Crippen LogP contribution in [0.5, 0.6) is 0 Å². The molecule has 2 nitrogen and oxygen atoms in total. The van der Waals surface area contributed by atoms with Gasteiger partial charge in [-0.1, -0.05) is 0 Å². The second-order valence-electron chi connectivity index (χ2n) is 4.92. The number of aryl methyl sites for hydroxylation is 3. The van der Waals surface area contributed by atoms with E-state index in [9.17, 15) is 0 Å². The molecule has 2 heterocycles. The van der Waals surface area contributed by atoms with Crippen LogP contribution in [-0.2, 0) is 25.9 Å². The first-order valence-electron chi connectivity index (χ1n) is 6.53. The van der Waals surface area contributed by atoms with Gasteiger partial charge in [0.25, 0.3) is 0 Å². The molecule has 0 spiro atoms. The second-order valence-corrected chi connectivity index (χ2v) is 6.14. The third-order valence-corrected chi connectivity index (χ3v) is 4.80. The van der Waals surface area contributed by atoms with Gasteiger partial charge in [-0.2, -0.15) is 0 Å². The van der Waals surface area contributed by atoms with E-state index in [4.69, 9.17) is 0 Å². The summed E-state index contributed by atoms with van der Waals surface area (Å²) in [5.41, 5.74) is 4.20. The van der Waals surface area contributed by atoms with Crippen molar-refractivity contribution in [3.05, 3.63) is 51.0 Å². The Labute approximate surface area is 112 Å². The number of aromatic nitrogens is 1. The van der Waals surface area contributed by atoms with E-state index in [2.05, 4.69) is 29.4 Å². The summed E-state index contributed by atoms with van der Waals surface area (Å²) in [7, 11) is 0. The number of hydrogen-bond donors (Lipinski definition) is 1. The van der Waals surface area contributed by atoms with Crippen LogP contribution in [0.3, 0.4) is 0 Å². The van der Waals surface area contributed by atoms with E-state index in [1.54, 1.807) is 10.4 Å². The van der Waals surface area contributed by atoms with Crippen LogP contribution in [0.4, 0.5) is 0 Å². The number of pyridine rings is 1. The van der Waals surface area contributed by atoms with Crippen molar-refractivity contribution >= 4 is 11.3 Å². The van der Waals surface area contributed by atoms with Crippen LogP contribution in [0.1, 0.15) is 32.9 Å². The van der Waals surface area contributed by atoms with Crippen molar-refractivity contribution in [2.24, 2.45) is 0 Å². The Morgan fingerprint density at radius 1 is 1.33 bits per heavy atom. The Morgan fingerprint density at radius 3 is 3.11 bits per heavy atom. The van der Waals surface area contributed by atoms with Gasteiger partial charge in [0.15, 0.2) is 0 Å². The number of thiophene rings is 1. The molecule has 0 radical (unpaired) electrons. The van der Waals surface area contributed by atoms with Gasteiger partial charge in [0.2, 0.25) is 0 Å². The zero-order valence-electron chi connectivity index (χ0n) is 10.7. The number of nitrogens with one attached hydrogen (secondary N) is 1. The Bertz CT molecular complexity index is 524. The lowest BCUT2D eigenvalue weighted by Crippen LogP contribution is -2.12. The molecule has 2 aromatic heterocycles.